The molecule has 0 aromatic carbocycles. The lowest BCUT2D eigenvalue weighted by molar-refractivity contribution is -0.134. The summed E-state index contributed by atoms with van der Waals surface area (Å²) in [5.74, 6) is 0.305. The van der Waals surface area contributed by atoms with E-state index < -0.39 is 0 Å². The zero-order chi connectivity index (χ0) is 13.2. The van der Waals surface area contributed by atoms with Crippen molar-refractivity contribution >= 4 is 5.91 Å². The van der Waals surface area contributed by atoms with Crippen molar-refractivity contribution in [2.75, 3.05) is 13.1 Å². The Hall–Kier alpha value is -0.570. The fourth-order valence-electron chi connectivity index (χ4n) is 3.39. The summed E-state index contributed by atoms with van der Waals surface area (Å²) in [6.45, 7) is 8.60. The summed E-state index contributed by atoms with van der Waals surface area (Å²) in [5.41, 5.74) is 0.450. The Bertz CT molecular complexity index is 295. The third kappa shape index (κ3) is 3.47. The van der Waals surface area contributed by atoms with Gasteiger partial charge >= 0.3 is 0 Å². The molecule has 2 unspecified atom stereocenters. The highest BCUT2D eigenvalue weighted by molar-refractivity contribution is 5.81. The number of nitrogens with zero attached hydrogens (tertiary/aromatic N) is 1. The summed E-state index contributed by atoms with van der Waals surface area (Å²) in [6.07, 6.45) is 7.32. The SMILES string of the molecule is CC(NC1CCC(C)(C)C1)C(=O)N1CCCCC1. The van der Waals surface area contributed by atoms with Crippen molar-refractivity contribution in [1.29, 1.82) is 0 Å². The minimum atomic E-state index is -0.0120. The number of likely N-dealkylation sites (tertiary alicyclic amines) is 1. The molecule has 104 valence electrons. The third-order valence-corrected chi connectivity index (χ3v) is 4.49. The molecule has 2 fully saturated rings. The zero-order valence-corrected chi connectivity index (χ0v) is 12.2. The molecule has 0 radical (unpaired) electrons. The van der Waals surface area contributed by atoms with Crippen LogP contribution < -0.4 is 5.32 Å². The van der Waals surface area contributed by atoms with E-state index in [1.807, 2.05) is 11.8 Å². The molecule has 2 rings (SSSR count). The first-order valence-corrected chi connectivity index (χ1v) is 7.53. The van der Waals surface area contributed by atoms with E-state index in [2.05, 4.69) is 19.2 Å². The number of hydrogen-bond acceptors (Lipinski definition) is 2. The molecule has 1 aliphatic carbocycles. The van der Waals surface area contributed by atoms with Crippen molar-refractivity contribution in [2.24, 2.45) is 5.41 Å². The Morgan fingerprint density at radius 2 is 1.94 bits per heavy atom. The maximum Gasteiger partial charge on any atom is 0.239 e. The fourth-order valence-corrected chi connectivity index (χ4v) is 3.39. The Balaban J connectivity index is 1.80. The number of carbonyl (C=O) groups excluding carboxylic acids is 1. The van der Waals surface area contributed by atoms with Crippen molar-refractivity contribution in [3.05, 3.63) is 0 Å². The first kappa shape index (κ1) is 13.9. The summed E-state index contributed by atoms with van der Waals surface area (Å²) < 4.78 is 0. The second-order valence-electron chi connectivity index (χ2n) is 6.88. The molecular weight excluding hydrogens is 224 g/mol. The molecule has 0 bridgehead atoms. The maximum absolute atomic E-state index is 12.3. The molecule has 0 aromatic heterocycles. The monoisotopic (exact) mass is 252 g/mol. The van der Waals surface area contributed by atoms with Gasteiger partial charge < -0.3 is 10.2 Å². The lowest BCUT2D eigenvalue weighted by atomic mass is 9.92. The van der Waals surface area contributed by atoms with Crippen LogP contribution in [0.15, 0.2) is 0 Å². The smallest absolute Gasteiger partial charge is 0.239 e. The second-order valence-corrected chi connectivity index (χ2v) is 6.88. The second kappa shape index (κ2) is 5.60. The Morgan fingerprint density at radius 3 is 2.50 bits per heavy atom. The lowest BCUT2D eigenvalue weighted by Gasteiger charge is -2.30. The van der Waals surface area contributed by atoms with Crippen molar-refractivity contribution < 1.29 is 4.79 Å². The van der Waals surface area contributed by atoms with Gasteiger partial charge in [-0.25, -0.2) is 0 Å². The predicted octanol–water partition coefficient (Wildman–Crippen LogP) is 2.56. The van der Waals surface area contributed by atoms with E-state index in [1.54, 1.807) is 0 Å². The van der Waals surface area contributed by atoms with Crippen molar-refractivity contribution in [3.8, 4) is 0 Å². The van der Waals surface area contributed by atoms with Crippen LogP contribution in [-0.4, -0.2) is 36.0 Å². The van der Waals surface area contributed by atoms with Crippen LogP contribution in [0.2, 0.25) is 0 Å². The molecule has 18 heavy (non-hydrogen) atoms. The lowest BCUT2D eigenvalue weighted by Crippen LogP contribution is -2.49. The molecule has 1 saturated heterocycles. The van der Waals surface area contributed by atoms with Gasteiger partial charge in [0.05, 0.1) is 6.04 Å². The number of amides is 1. The zero-order valence-electron chi connectivity index (χ0n) is 12.2. The van der Waals surface area contributed by atoms with Crippen LogP contribution in [-0.2, 0) is 4.79 Å². The van der Waals surface area contributed by atoms with Gasteiger partial charge in [-0.05, 0) is 50.9 Å². The van der Waals surface area contributed by atoms with Gasteiger partial charge in [0, 0.05) is 19.1 Å². The number of nitrogens with one attached hydrogen (secondary N) is 1. The van der Waals surface area contributed by atoms with Gasteiger partial charge in [0.2, 0.25) is 5.91 Å². The Morgan fingerprint density at radius 1 is 1.28 bits per heavy atom. The van der Waals surface area contributed by atoms with Gasteiger partial charge in [-0.1, -0.05) is 13.8 Å². The van der Waals surface area contributed by atoms with E-state index in [4.69, 9.17) is 0 Å². The van der Waals surface area contributed by atoms with Crippen LogP contribution >= 0.6 is 0 Å². The third-order valence-electron chi connectivity index (χ3n) is 4.49. The Labute approximate surface area is 111 Å². The molecule has 3 heteroatoms. The van der Waals surface area contributed by atoms with Gasteiger partial charge in [0.1, 0.15) is 0 Å². The molecule has 1 saturated carbocycles. The van der Waals surface area contributed by atoms with Crippen molar-refractivity contribution in [1.82, 2.24) is 10.2 Å². The summed E-state index contributed by atoms with van der Waals surface area (Å²) in [5, 5.41) is 3.54. The minimum absolute atomic E-state index is 0.0120. The highest BCUT2D eigenvalue weighted by Gasteiger charge is 2.33. The standard InChI is InChI=1S/C15H28N2O/c1-12(14(18)17-9-5-4-6-10-17)16-13-7-8-15(2,3)11-13/h12-13,16H,4-11H2,1-3H3. The molecule has 1 amide bonds. The topological polar surface area (TPSA) is 32.3 Å². The van der Waals surface area contributed by atoms with E-state index in [9.17, 15) is 4.79 Å². The number of carbonyl (C=O) groups is 1. The molecule has 1 N–H and O–H groups in total. The van der Waals surface area contributed by atoms with E-state index in [0.29, 0.717) is 17.4 Å². The molecule has 1 heterocycles. The fraction of sp³-hybridized carbons (Fsp3) is 0.933. The molecule has 1 aliphatic heterocycles. The van der Waals surface area contributed by atoms with E-state index in [1.165, 1.54) is 38.5 Å². The van der Waals surface area contributed by atoms with Gasteiger partial charge in [-0.15, -0.1) is 0 Å². The summed E-state index contributed by atoms with van der Waals surface area (Å²) >= 11 is 0. The van der Waals surface area contributed by atoms with Crippen molar-refractivity contribution in [3.63, 3.8) is 0 Å². The number of piperidine rings is 1. The summed E-state index contributed by atoms with van der Waals surface area (Å²) in [7, 11) is 0. The molecule has 0 aromatic rings. The normalized spacial score (nSPS) is 29.3. The molecule has 2 aliphatic rings. The molecule has 3 nitrogen and oxygen atoms in total. The van der Waals surface area contributed by atoms with Crippen LogP contribution in [0, 0.1) is 5.41 Å². The van der Waals surface area contributed by atoms with E-state index in [-0.39, 0.29) is 6.04 Å². The van der Waals surface area contributed by atoms with E-state index in [0.717, 1.165) is 13.1 Å². The van der Waals surface area contributed by atoms with Crippen LogP contribution in [0.3, 0.4) is 0 Å². The van der Waals surface area contributed by atoms with Gasteiger partial charge in [0.15, 0.2) is 0 Å². The van der Waals surface area contributed by atoms with E-state index >= 15 is 0 Å². The average Bonchev–Trinajstić information content (AvgIpc) is 2.68. The minimum Gasteiger partial charge on any atom is -0.341 e. The molecule has 0 spiro atoms. The molecular formula is C15H28N2O. The van der Waals surface area contributed by atoms with Gasteiger partial charge in [-0.2, -0.15) is 0 Å². The summed E-state index contributed by atoms with van der Waals surface area (Å²) in [6, 6.07) is 0.519. The average molecular weight is 252 g/mol. The largest absolute Gasteiger partial charge is 0.341 e. The number of hydrogen-bond donors (Lipinski definition) is 1. The first-order chi connectivity index (χ1) is 8.48. The van der Waals surface area contributed by atoms with Crippen LogP contribution in [0.4, 0.5) is 0 Å². The van der Waals surface area contributed by atoms with Crippen LogP contribution in [0.1, 0.15) is 59.3 Å². The highest BCUT2D eigenvalue weighted by atomic mass is 16.2. The first-order valence-electron chi connectivity index (χ1n) is 7.53. The predicted molar refractivity (Wildman–Crippen MR) is 74.4 cm³/mol. The van der Waals surface area contributed by atoms with Gasteiger partial charge in [-0.3, -0.25) is 4.79 Å². The quantitative estimate of drug-likeness (QED) is 0.837. The Kier molecular flexibility index (Phi) is 4.31. The van der Waals surface area contributed by atoms with Crippen LogP contribution in [0.25, 0.3) is 0 Å². The highest BCUT2D eigenvalue weighted by Crippen LogP contribution is 2.37. The number of rotatable bonds is 3. The van der Waals surface area contributed by atoms with Gasteiger partial charge in [0.25, 0.3) is 0 Å². The summed E-state index contributed by atoms with van der Waals surface area (Å²) in [4.78, 5) is 14.4. The van der Waals surface area contributed by atoms with Crippen molar-refractivity contribution in [2.45, 2.75) is 71.4 Å². The maximum atomic E-state index is 12.3. The van der Waals surface area contributed by atoms with Crippen LogP contribution in [0.5, 0.6) is 0 Å². The molecule has 2 atom stereocenters.